The second-order valence-electron chi connectivity index (χ2n) is 17.3. The Kier molecular flexibility index (Phi) is 15.1. The lowest BCUT2D eigenvalue weighted by atomic mass is 10.0. The number of nitrogens with one attached hydrogen (secondary N) is 3. The molecule has 6 heterocycles. The average molecular weight is 905 g/mol. The monoisotopic (exact) mass is 904 g/mol. The van der Waals surface area contributed by atoms with E-state index in [9.17, 15) is 24.0 Å². The zero-order chi connectivity index (χ0) is 46.0. The van der Waals surface area contributed by atoms with Crippen LogP contribution in [0.25, 0.3) is 0 Å². The Morgan fingerprint density at radius 2 is 1.58 bits per heavy atom. The molecule has 1 aromatic heterocycles. The Labute approximate surface area is 384 Å². The Bertz CT molecular complexity index is 2350. The van der Waals surface area contributed by atoms with Gasteiger partial charge < -0.3 is 35.2 Å². The van der Waals surface area contributed by atoms with E-state index in [1.807, 2.05) is 29.2 Å². The number of aliphatic imine (C=N–C) groups is 2. The molecule has 5 amide bonds. The quantitative estimate of drug-likeness (QED) is 0.0934. The molecule has 2 fully saturated rings. The Balaban J connectivity index is 0.667. The number of nitrogens with zero attached hydrogens (tertiary/aromatic N) is 8. The van der Waals surface area contributed by atoms with Crippen LogP contribution in [0.1, 0.15) is 109 Å². The van der Waals surface area contributed by atoms with Crippen LogP contribution in [0.5, 0.6) is 11.5 Å². The summed E-state index contributed by atoms with van der Waals surface area (Å²) in [5, 5.41) is 8.14. The molecule has 0 radical (unpaired) electrons. The fourth-order valence-electron chi connectivity index (χ4n) is 9.25. The van der Waals surface area contributed by atoms with Crippen molar-refractivity contribution in [1.82, 2.24) is 40.2 Å². The number of nitrogen functional groups attached to an aromatic ring is 1. The highest BCUT2D eigenvalue weighted by atomic mass is 16.5. The van der Waals surface area contributed by atoms with Gasteiger partial charge in [-0.05, 0) is 56.0 Å². The van der Waals surface area contributed by atoms with Crippen molar-refractivity contribution in [3.63, 3.8) is 0 Å². The van der Waals surface area contributed by atoms with Gasteiger partial charge in [-0.25, -0.2) is 15.0 Å². The summed E-state index contributed by atoms with van der Waals surface area (Å²) in [6.07, 6.45) is 13.4. The lowest BCUT2D eigenvalue weighted by molar-refractivity contribution is -0.137. The molecule has 0 aliphatic carbocycles. The van der Waals surface area contributed by atoms with Gasteiger partial charge in [0.25, 0.3) is 11.8 Å². The van der Waals surface area contributed by atoms with E-state index < -0.39 is 17.9 Å². The fourth-order valence-corrected chi connectivity index (χ4v) is 9.25. The lowest BCUT2D eigenvalue weighted by Gasteiger charge is -2.34. The minimum Gasteiger partial charge on any atom is -0.491 e. The number of unbranched alkanes of at least 4 members (excludes halogenated alkanes) is 7. The molecule has 5 aliphatic heterocycles. The van der Waals surface area contributed by atoms with Gasteiger partial charge in [0.15, 0.2) is 11.5 Å². The number of carbonyl (C=O) groups excluding carboxylic acids is 5. The Morgan fingerprint density at radius 1 is 0.864 bits per heavy atom. The first kappa shape index (κ1) is 46.1. The number of imide groups is 1. The third-order valence-electron chi connectivity index (χ3n) is 12.8. The van der Waals surface area contributed by atoms with E-state index in [0.29, 0.717) is 66.9 Å². The van der Waals surface area contributed by atoms with Gasteiger partial charge in [-0.2, -0.15) is 0 Å². The summed E-state index contributed by atoms with van der Waals surface area (Å²) in [7, 11) is 1.59. The number of guanidine groups is 1. The van der Waals surface area contributed by atoms with Crippen molar-refractivity contribution in [1.29, 1.82) is 0 Å². The van der Waals surface area contributed by atoms with Gasteiger partial charge in [0.2, 0.25) is 29.6 Å². The van der Waals surface area contributed by atoms with Gasteiger partial charge in [0, 0.05) is 76.6 Å². The van der Waals surface area contributed by atoms with Crippen molar-refractivity contribution in [2.75, 3.05) is 77.1 Å². The molecule has 350 valence electrons. The zero-order valence-corrected chi connectivity index (χ0v) is 37.7. The van der Waals surface area contributed by atoms with Crippen molar-refractivity contribution in [2.24, 2.45) is 9.98 Å². The van der Waals surface area contributed by atoms with Crippen LogP contribution in [0.2, 0.25) is 0 Å². The number of piperazine rings is 1. The summed E-state index contributed by atoms with van der Waals surface area (Å²) >= 11 is 0. The van der Waals surface area contributed by atoms with E-state index in [0.717, 1.165) is 88.3 Å². The summed E-state index contributed by atoms with van der Waals surface area (Å²) in [4.78, 5) is 89.0. The zero-order valence-electron chi connectivity index (χ0n) is 37.7. The molecular formula is C47H60N12O7. The van der Waals surface area contributed by atoms with E-state index in [2.05, 4.69) is 40.7 Å². The van der Waals surface area contributed by atoms with Gasteiger partial charge in [0.05, 0.1) is 37.1 Å². The van der Waals surface area contributed by atoms with Crippen LogP contribution >= 0.6 is 0 Å². The molecular weight excluding hydrogens is 845 g/mol. The standard InChI is InChI=1S/C47H60N12O7/c1-65-41-36(17-15-33-40(41)54-47(58-22-19-49-42(33)58)55-43(62)32-28-50-46(48)51-29-32)66-27-11-21-57-25-23-56(24-26-57)20-9-7-5-3-2-4-6-8-14-37(60)52-34-13-10-12-31-30-59(45(64)39(31)34)35-16-18-38(61)53-44(35)63/h10,12-13,15,17,28-29,35H,2-9,11,14,16,18-27,30H2,1H3,(H,52,60)(H2,48,50,51)(H,53,61,63)(H,54,55,62). The second-order valence-corrected chi connectivity index (χ2v) is 17.3. The SMILES string of the molecule is COc1c(OCCCN2CCN(CCCCCCCCCCC(=O)Nc3cccc4c3C(=O)N(C3CCC(=O)NC3=O)C4)CC2)ccc2c1N=C(NC(=O)c1cnc(N)nc1)N1CCN=C21. The number of rotatable bonds is 20. The molecule has 19 nitrogen and oxygen atoms in total. The second kappa shape index (κ2) is 21.7. The smallest absolute Gasteiger partial charge is 0.261 e. The van der Waals surface area contributed by atoms with Crippen LogP contribution in [-0.4, -0.2) is 143 Å². The van der Waals surface area contributed by atoms with Crippen molar-refractivity contribution in [2.45, 2.75) is 89.6 Å². The molecule has 0 bridgehead atoms. The van der Waals surface area contributed by atoms with E-state index in [1.54, 1.807) is 13.2 Å². The van der Waals surface area contributed by atoms with Crippen LogP contribution in [0.4, 0.5) is 17.3 Å². The highest BCUT2D eigenvalue weighted by molar-refractivity contribution is 6.20. The Morgan fingerprint density at radius 3 is 2.30 bits per heavy atom. The molecule has 3 aromatic rings. The number of hydrogen-bond acceptors (Lipinski definition) is 15. The van der Waals surface area contributed by atoms with Crippen LogP contribution in [-0.2, 0) is 20.9 Å². The Hall–Kier alpha value is -6.47. The van der Waals surface area contributed by atoms with E-state index in [1.165, 1.54) is 43.0 Å². The number of nitrogens with two attached hydrogens (primary N) is 1. The number of anilines is 2. The van der Waals surface area contributed by atoms with Crippen molar-refractivity contribution in [3.05, 3.63) is 65.0 Å². The van der Waals surface area contributed by atoms with Gasteiger partial charge >= 0.3 is 0 Å². The number of fused-ring (bicyclic) bond motifs is 4. The summed E-state index contributed by atoms with van der Waals surface area (Å²) in [5.41, 5.74) is 8.91. The van der Waals surface area contributed by atoms with Crippen molar-refractivity contribution < 1.29 is 33.4 Å². The predicted octanol–water partition coefficient (Wildman–Crippen LogP) is 3.86. The first-order valence-corrected chi connectivity index (χ1v) is 23.3. The number of ether oxygens (including phenoxy) is 2. The molecule has 19 heteroatoms. The van der Waals surface area contributed by atoms with E-state index in [-0.39, 0.29) is 42.2 Å². The highest BCUT2D eigenvalue weighted by Gasteiger charge is 2.40. The van der Waals surface area contributed by atoms with E-state index >= 15 is 0 Å². The summed E-state index contributed by atoms with van der Waals surface area (Å²) in [5.74, 6) is 0.650. The number of aromatic nitrogens is 2. The van der Waals surface area contributed by atoms with E-state index in [4.69, 9.17) is 20.2 Å². The van der Waals surface area contributed by atoms with Crippen molar-refractivity contribution in [3.8, 4) is 11.5 Å². The average Bonchev–Trinajstić information content (AvgIpc) is 3.95. The molecule has 5 N–H and O–H groups in total. The molecule has 2 aromatic carbocycles. The third-order valence-corrected chi connectivity index (χ3v) is 12.8. The molecule has 2 saturated heterocycles. The molecule has 66 heavy (non-hydrogen) atoms. The third kappa shape index (κ3) is 11.0. The number of carbonyl (C=O) groups is 5. The topological polar surface area (TPSA) is 229 Å². The largest absolute Gasteiger partial charge is 0.491 e. The molecule has 8 rings (SSSR count). The number of amidine groups is 1. The minimum atomic E-state index is -0.688. The number of piperidine rings is 1. The van der Waals surface area contributed by atoms with Crippen LogP contribution in [0.3, 0.4) is 0 Å². The number of benzene rings is 2. The molecule has 0 saturated carbocycles. The van der Waals surface area contributed by atoms with Crippen molar-refractivity contribution >= 4 is 58.7 Å². The number of amides is 5. The van der Waals surface area contributed by atoms with Gasteiger partial charge in [-0.15, -0.1) is 0 Å². The maximum absolute atomic E-state index is 13.3. The maximum Gasteiger partial charge on any atom is 0.261 e. The van der Waals surface area contributed by atoms with Crippen LogP contribution in [0.15, 0.2) is 52.7 Å². The van der Waals surface area contributed by atoms with Gasteiger partial charge in [-0.3, -0.25) is 44.5 Å². The highest BCUT2D eigenvalue weighted by Crippen LogP contribution is 2.43. The number of methoxy groups -OCH3 is 1. The van der Waals surface area contributed by atoms with Crippen LogP contribution < -0.4 is 31.2 Å². The predicted molar refractivity (Wildman–Crippen MR) is 248 cm³/mol. The molecule has 0 spiro atoms. The number of hydrogen-bond donors (Lipinski definition) is 4. The minimum absolute atomic E-state index is 0.0869. The van der Waals surface area contributed by atoms with Gasteiger partial charge in [0.1, 0.15) is 17.6 Å². The van der Waals surface area contributed by atoms with Crippen LogP contribution in [0, 0.1) is 0 Å². The lowest BCUT2D eigenvalue weighted by Crippen LogP contribution is -2.52. The first-order chi connectivity index (χ1) is 32.2. The summed E-state index contributed by atoms with van der Waals surface area (Å²) < 4.78 is 12.1. The maximum atomic E-state index is 13.3. The fraction of sp³-hybridized carbons (Fsp3) is 0.511. The first-order valence-electron chi connectivity index (χ1n) is 23.3. The molecule has 1 unspecified atom stereocenters. The summed E-state index contributed by atoms with van der Waals surface area (Å²) in [6, 6.07) is 8.54. The molecule has 5 aliphatic rings. The summed E-state index contributed by atoms with van der Waals surface area (Å²) in [6.45, 7) is 8.26. The normalized spacial score (nSPS) is 18.3. The van der Waals surface area contributed by atoms with Gasteiger partial charge in [-0.1, -0.05) is 50.7 Å². The molecule has 1 atom stereocenters.